The maximum absolute atomic E-state index is 5.20. The molecule has 0 saturated carbocycles. The second-order valence-electron chi connectivity index (χ2n) is 5.70. The zero-order valence-corrected chi connectivity index (χ0v) is 13.9. The van der Waals surface area contributed by atoms with Crippen LogP contribution in [0.4, 0.5) is 5.82 Å². The van der Waals surface area contributed by atoms with E-state index >= 15 is 0 Å². The number of fused-ring (bicyclic) bond motifs is 1. The Morgan fingerprint density at radius 3 is 2.56 bits per heavy atom. The number of rotatable bonds is 5. The van der Waals surface area contributed by atoms with Crippen LogP contribution in [0.2, 0.25) is 0 Å². The molecule has 0 fully saturated rings. The van der Waals surface area contributed by atoms with E-state index in [1.54, 1.807) is 13.3 Å². The van der Waals surface area contributed by atoms with Gasteiger partial charge in [0.15, 0.2) is 5.65 Å². The van der Waals surface area contributed by atoms with Crippen molar-refractivity contribution in [3.8, 4) is 17.0 Å². The molecule has 124 valence electrons. The van der Waals surface area contributed by atoms with E-state index in [0.717, 1.165) is 28.5 Å². The summed E-state index contributed by atoms with van der Waals surface area (Å²) in [7, 11) is 1.67. The lowest BCUT2D eigenvalue weighted by molar-refractivity contribution is 0.414. The molecule has 4 rings (SSSR count). The molecule has 0 spiro atoms. The lowest BCUT2D eigenvalue weighted by Crippen LogP contribution is -2.06. The van der Waals surface area contributed by atoms with Crippen molar-refractivity contribution < 1.29 is 4.74 Å². The van der Waals surface area contributed by atoms with Gasteiger partial charge >= 0.3 is 0 Å². The molecule has 0 aliphatic heterocycles. The van der Waals surface area contributed by atoms with E-state index in [4.69, 9.17) is 4.74 Å². The molecule has 0 radical (unpaired) electrons. The Balaban J connectivity index is 1.64. The number of benzene rings is 2. The fraction of sp³-hybridized carbons (Fsp3) is 0.100. The van der Waals surface area contributed by atoms with Crippen LogP contribution in [0.1, 0.15) is 5.56 Å². The Hall–Kier alpha value is -3.34. The van der Waals surface area contributed by atoms with Crippen molar-refractivity contribution in [2.45, 2.75) is 6.54 Å². The fourth-order valence-electron chi connectivity index (χ4n) is 2.73. The van der Waals surface area contributed by atoms with Crippen molar-refractivity contribution in [3.05, 3.63) is 78.5 Å². The first-order chi connectivity index (χ1) is 12.3. The summed E-state index contributed by atoms with van der Waals surface area (Å²) in [6.07, 6.45) is 1.76. The number of anilines is 1. The van der Waals surface area contributed by atoms with Gasteiger partial charge < -0.3 is 10.1 Å². The van der Waals surface area contributed by atoms with Gasteiger partial charge in [-0.2, -0.15) is 9.61 Å². The van der Waals surface area contributed by atoms with Gasteiger partial charge in [-0.3, -0.25) is 0 Å². The zero-order chi connectivity index (χ0) is 17.1. The van der Waals surface area contributed by atoms with E-state index < -0.39 is 0 Å². The first kappa shape index (κ1) is 15.2. The first-order valence-corrected chi connectivity index (χ1v) is 8.10. The molecule has 2 aromatic carbocycles. The van der Waals surface area contributed by atoms with Gasteiger partial charge in [0.05, 0.1) is 19.0 Å². The molecule has 4 aromatic rings. The molecular formula is C20H18N4O. The summed E-state index contributed by atoms with van der Waals surface area (Å²) in [5.74, 6) is 1.76. The van der Waals surface area contributed by atoms with Crippen LogP contribution < -0.4 is 10.1 Å². The number of ether oxygens (including phenoxy) is 1. The lowest BCUT2D eigenvalue weighted by atomic mass is 10.1. The molecule has 0 amide bonds. The molecule has 0 saturated heterocycles. The Bertz CT molecular complexity index is 978. The molecule has 1 N–H and O–H groups in total. The highest BCUT2D eigenvalue weighted by molar-refractivity contribution is 5.66. The summed E-state index contributed by atoms with van der Waals surface area (Å²) >= 11 is 0. The second-order valence-corrected chi connectivity index (χ2v) is 5.70. The van der Waals surface area contributed by atoms with Crippen LogP contribution in [-0.2, 0) is 6.54 Å². The van der Waals surface area contributed by atoms with E-state index in [0.29, 0.717) is 6.54 Å². The summed E-state index contributed by atoms with van der Waals surface area (Å²) in [5, 5.41) is 7.82. The van der Waals surface area contributed by atoms with Gasteiger partial charge in [0.25, 0.3) is 0 Å². The topological polar surface area (TPSA) is 51.5 Å². The summed E-state index contributed by atoms with van der Waals surface area (Å²) in [6.45, 7) is 0.692. The predicted molar refractivity (Wildman–Crippen MR) is 98.7 cm³/mol. The first-order valence-electron chi connectivity index (χ1n) is 8.10. The summed E-state index contributed by atoms with van der Waals surface area (Å²) < 4.78 is 7.02. The number of aromatic nitrogens is 3. The molecule has 5 nitrogen and oxygen atoms in total. The van der Waals surface area contributed by atoms with Gasteiger partial charge in [-0.25, -0.2) is 4.98 Å². The zero-order valence-electron chi connectivity index (χ0n) is 13.9. The highest BCUT2D eigenvalue weighted by Gasteiger charge is 2.08. The molecule has 0 aliphatic rings. The van der Waals surface area contributed by atoms with E-state index in [9.17, 15) is 0 Å². The quantitative estimate of drug-likeness (QED) is 0.600. The maximum atomic E-state index is 5.20. The Kier molecular flexibility index (Phi) is 4.04. The number of hydrogen-bond acceptors (Lipinski definition) is 4. The summed E-state index contributed by atoms with van der Waals surface area (Å²) in [4.78, 5) is 4.69. The molecule has 25 heavy (non-hydrogen) atoms. The molecule has 0 unspecified atom stereocenters. The normalized spacial score (nSPS) is 10.8. The third kappa shape index (κ3) is 3.17. The maximum Gasteiger partial charge on any atom is 0.157 e. The van der Waals surface area contributed by atoms with Crippen molar-refractivity contribution in [2.24, 2.45) is 0 Å². The molecule has 0 atom stereocenters. The highest BCUT2D eigenvalue weighted by atomic mass is 16.5. The van der Waals surface area contributed by atoms with E-state index in [2.05, 4.69) is 27.5 Å². The summed E-state index contributed by atoms with van der Waals surface area (Å²) in [6, 6.07) is 22.1. The van der Waals surface area contributed by atoms with Crippen LogP contribution in [0.5, 0.6) is 5.75 Å². The SMILES string of the molecule is COc1ccc(CNc2cc(-c3ccccc3)nc3ccnn23)cc1. The number of methoxy groups -OCH3 is 1. The van der Waals surface area contributed by atoms with Gasteiger partial charge in [0.2, 0.25) is 0 Å². The second kappa shape index (κ2) is 6.65. The van der Waals surface area contributed by atoms with Crippen molar-refractivity contribution >= 4 is 11.5 Å². The number of nitrogens with one attached hydrogen (secondary N) is 1. The third-order valence-electron chi connectivity index (χ3n) is 4.06. The van der Waals surface area contributed by atoms with Crippen LogP contribution >= 0.6 is 0 Å². The van der Waals surface area contributed by atoms with Gasteiger partial charge in [-0.15, -0.1) is 0 Å². The fourth-order valence-corrected chi connectivity index (χ4v) is 2.73. The van der Waals surface area contributed by atoms with Crippen LogP contribution in [-0.4, -0.2) is 21.7 Å². The van der Waals surface area contributed by atoms with E-state index in [1.807, 2.05) is 59.1 Å². The van der Waals surface area contributed by atoms with Crippen molar-refractivity contribution in [1.82, 2.24) is 14.6 Å². The Morgan fingerprint density at radius 1 is 1.00 bits per heavy atom. The van der Waals surface area contributed by atoms with Crippen LogP contribution in [0.15, 0.2) is 72.9 Å². The Labute approximate surface area is 145 Å². The minimum absolute atomic E-state index is 0.692. The Morgan fingerprint density at radius 2 is 1.80 bits per heavy atom. The lowest BCUT2D eigenvalue weighted by Gasteiger charge is -2.11. The van der Waals surface area contributed by atoms with Gasteiger partial charge in [0, 0.05) is 24.2 Å². The minimum Gasteiger partial charge on any atom is -0.497 e. The molecular weight excluding hydrogens is 312 g/mol. The van der Waals surface area contributed by atoms with Gasteiger partial charge in [-0.05, 0) is 17.7 Å². The average Bonchev–Trinajstić information content (AvgIpc) is 3.16. The standard InChI is InChI=1S/C20H18N4O/c1-25-17-9-7-15(8-10-17)14-21-20-13-18(16-5-3-2-4-6-16)23-19-11-12-22-24(19)20/h2-13,21H,14H2,1H3. The molecule has 0 aliphatic carbocycles. The monoisotopic (exact) mass is 330 g/mol. The van der Waals surface area contributed by atoms with Crippen molar-refractivity contribution in [1.29, 1.82) is 0 Å². The van der Waals surface area contributed by atoms with Crippen LogP contribution in [0.25, 0.3) is 16.9 Å². The van der Waals surface area contributed by atoms with Crippen molar-refractivity contribution in [3.63, 3.8) is 0 Å². The number of hydrogen-bond donors (Lipinski definition) is 1. The largest absolute Gasteiger partial charge is 0.497 e. The summed E-state index contributed by atoms with van der Waals surface area (Å²) in [5.41, 5.74) is 3.99. The third-order valence-corrected chi connectivity index (χ3v) is 4.06. The molecule has 2 aromatic heterocycles. The molecule has 0 bridgehead atoms. The van der Waals surface area contributed by atoms with Gasteiger partial charge in [0.1, 0.15) is 11.6 Å². The van der Waals surface area contributed by atoms with E-state index in [1.165, 1.54) is 5.56 Å². The molecule has 5 heteroatoms. The smallest absolute Gasteiger partial charge is 0.157 e. The minimum atomic E-state index is 0.692. The van der Waals surface area contributed by atoms with Crippen molar-refractivity contribution in [2.75, 3.05) is 12.4 Å². The van der Waals surface area contributed by atoms with Crippen LogP contribution in [0, 0.1) is 0 Å². The van der Waals surface area contributed by atoms with Crippen LogP contribution in [0.3, 0.4) is 0 Å². The molecule has 2 heterocycles. The number of nitrogens with zero attached hydrogens (tertiary/aromatic N) is 3. The van der Waals surface area contributed by atoms with E-state index in [-0.39, 0.29) is 0 Å². The average molecular weight is 330 g/mol. The van der Waals surface area contributed by atoms with Gasteiger partial charge in [-0.1, -0.05) is 42.5 Å². The predicted octanol–water partition coefficient (Wildman–Crippen LogP) is 4.02. The highest BCUT2D eigenvalue weighted by Crippen LogP contribution is 2.22.